The second kappa shape index (κ2) is 3.49. The summed E-state index contributed by atoms with van der Waals surface area (Å²) in [6.07, 6.45) is 6.40. The van der Waals surface area contributed by atoms with Gasteiger partial charge in [0.1, 0.15) is 0 Å². The Bertz CT molecular complexity index is 376. The monoisotopic (exact) mass is 232 g/mol. The SMILES string of the molecule is C=C/C=C/B1O[C@@H]2CC3CC(C3(C)C)[C@]2(C)O1. The van der Waals surface area contributed by atoms with E-state index >= 15 is 0 Å². The van der Waals surface area contributed by atoms with Crippen molar-refractivity contribution >= 4 is 7.12 Å². The van der Waals surface area contributed by atoms with Crippen molar-refractivity contribution < 1.29 is 9.31 Å². The quantitative estimate of drug-likeness (QED) is 0.538. The van der Waals surface area contributed by atoms with E-state index in [-0.39, 0.29) is 18.8 Å². The first-order chi connectivity index (χ1) is 7.98. The van der Waals surface area contributed by atoms with Gasteiger partial charge in [-0.05, 0) is 37.0 Å². The van der Waals surface area contributed by atoms with E-state index in [2.05, 4.69) is 27.4 Å². The van der Waals surface area contributed by atoms with Gasteiger partial charge in [-0.25, -0.2) is 0 Å². The molecule has 0 N–H and O–H groups in total. The summed E-state index contributed by atoms with van der Waals surface area (Å²) in [5, 5.41) is 0. The molecule has 3 heteroatoms. The van der Waals surface area contributed by atoms with Gasteiger partial charge < -0.3 is 9.31 Å². The third-order valence-corrected chi connectivity index (χ3v) is 5.37. The number of hydrogen-bond donors (Lipinski definition) is 0. The smallest absolute Gasteiger partial charge is 0.402 e. The van der Waals surface area contributed by atoms with Crippen LogP contribution in [-0.2, 0) is 9.31 Å². The molecule has 92 valence electrons. The summed E-state index contributed by atoms with van der Waals surface area (Å²) in [7, 11) is -0.182. The highest BCUT2D eigenvalue weighted by Gasteiger charge is 2.67. The Morgan fingerprint density at radius 3 is 2.71 bits per heavy atom. The molecular formula is C14H21BO2. The van der Waals surface area contributed by atoms with E-state index < -0.39 is 0 Å². The number of hydrogen-bond acceptors (Lipinski definition) is 2. The van der Waals surface area contributed by atoms with Gasteiger partial charge in [-0.1, -0.05) is 38.6 Å². The molecule has 2 unspecified atom stereocenters. The van der Waals surface area contributed by atoms with Gasteiger partial charge in [0.25, 0.3) is 0 Å². The van der Waals surface area contributed by atoms with Gasteiger partial charge in [-0.15, -0.1) is 0 Å². The second-order valence-electron chi connectivity index (χ2n) is 6.46. The van der Waals surface area contributed by atoms with Gasteiger partial charge >= 0.3 is 7.12 Å². The molecule has 0 aromatic carbocycles. The van der Waals surface area contributed by atoms with E-state index in [0.717, 1.165) is 12.3 Å². The third kappa shape index (κ3) is 1.42. The minimum atomic E-state index is -0.182. The van der Waals surface area contributed by atoms with Crippen LogP contribution in [0.2, 0.25) is 0 Å². The summed E-state index contributed by atoms with van der Waals surface area (Å²) >= 11 is 0. The maximum atomic E-state index is 6.18. The summed E-state index contributed by atoms with van der Waals surface area (Å²) in [4.78, 5) is 0. The Morgan fingerprint density at radius 2 is 2.06 bits per heavy atom. The highest BCUT2D eigenvalue weighted by Crippen LogP contribution is 2.65. The molecule has 2 bridgehead atoms. The zero-order valence-corrected chi connectivity index (χ0v) is 11.0. The second-order valence-corrected chi connectivity index (χ2v) is 6.46. The third-order valence-electron chi connectivity index (χ3n) is 5.37. The van der Waals surface area contributed by atoms with E-state index in [0.29, 0.717) is 11.3 Å². The van der Waals surface area contributed by atoms with Crippen LogP contribution in [0.3, 0.4) is 0 Å². The topological polar surface area (TPSA) is 18.5 Å². The van der Waals surface area contributed by atoms with Crippen molar-refractivity contribution in [2.24, 2.45) is 17.3 Å². The maximum absolute atomic E-state index is 6.18. The van der Waals surface area contributed by atoms with Crippen molar-refractivity contribution in [2.45, 2.75) is 45.3 Å². The summed E-state index contributed by atoms with van der Waals surface area (Å²) in [5.41, 5.74) is 0.333. The molecule has 3 aliphatic carbocycles. The summed E-state index contributed by atoms with van der Waals surface area (Å²) in [6.45, 7) is 10.7. The molecule has 4 atom stereocenters. The lowest BCUT2D eigenvalue weighted by Crippen LogP contribution is -2.65. The lowest BCUT2D eigenvalue weighted by molar-refractivity contribution is -0.199. The zero-order valence-electron chi connectivity index (χ0n) is 11.0. The van der Waals surface area contributed by atoms with Gasteiger partial charge in [0.15, 0.2) is 0 Å². The first kappa shape index (κ1) is 11.5. The summed E-state index contributed by atoms with van der Waals surface area (Å²) in [5.74, 6) is 3.42. The molecule has 0 amide bonds. The molecule has 1 heterocycles. The lowest BCUT2D eigenvalue weighted by Gasteiger charge is -2.64. The van der Waals surface area contributed by atoms with Crippen LogP contribution >= 0.6 is 0 Å². The van der Waals surface area contributed by atoms with Crippen molar-refractivity contribution in [3.63, 3.8) is 0 Å². The van der Waals surface area contributed by atoms with Gasteiger partial charge in [0.05, 0.1) is 11.7 Å². The Hall–Kier alpha value is -0.535. The molecule has 0 aromatic rings. The minimum Gasteiger partial charge on any atom is -0.402 e. The standard InChI is InChI=1S/C14H21BO2/c1-5-6-7-15-16-12-9-10-8-11(13(10,2)3)14(12,4)17-15/h5-7,10-12H,1,8-9H2,2-4H3/b7-6+/t10?,11?,12-,14+/m1/s1. The lowest BCUT2D eigenvalue weighted by atomic mass is 9.43. The molecule has 1 aliphatic heterocycles. The largest absolute Gasteiger partial charge is 0.486 e. The van der Waals surface area contributed by atoms with Crippen molar-refractivity contribution in [3.8, 4) is 0 Å². The van der Waals surface area contributed by atoms with E-state index in [9.17, 15) is 0 Å². The first-order valence-electron chi connectivity index (χ1n) is 6.61. The zero-order chi connectivity index (χ0) is 12.3. The molecule has 4 fully saturated rings. The van der Waals surface area contributed by atoms with Crippen molar-refractivity contribution in [2.75, 3.05) is 0 Å². The van der Waals surface area contributed by atoms with Gasteiger partial charge in [-0.3, -0.25) is 0 Å². The van der Waals surface area contributed by atoms with Crippen LogP contribution < -0.4 is 0 Å². The molecular weight excluding hydrogens is 211 g/mol. The molecule has 2 nitrogen and oxygen atoms in total. The molecule has 3 saturated carbocycles. The van der Waals surface area contributed by atoms with Gasteiger partial charge in [0, 0.05) is 0 Å². The number of allylic oxidation sites excluding steroid dienone is 2. The highest BCUT2D eigenvalue weighted by atomic mass is 16.7. The van der Waals surface area contributed by atoms with E-state index in [4.69, 9.17) is 9.31 Å². The van der Waals surface area contributed by atoms with E-state index in [1.54, 1.807) is 6.08 Å². The molecule has 0 spiro atoms. The normalized spacial score (nSPS) is 46.8. The molecule has 0 radical (unpaired) electrons. The Balaban J connectivity index is 1.82. The van der Waals surface area contributed by atoms with E-state index in [1.165, 1.54) is 6.42 Å². The number of rotatable bonds is 2. The van der Waals surface area contributed by atoms with Crippen molar-refractivity contribution in [3.05, 3.63) is 24.7 Å². The van der Waals surface area contributed by atoms with Crippen LogP contribution in [0.25, 0.3) is 0 Å². The fourth-order valence-electron chi connectivity index (χ4n) is 4.15. The van der Waals surface area contributed by atoms with Crippen LogP contribution in [-0.4, -0.2) is 18.8 Å². The van der Waals surface area contributed by atoms with Crippen LogP contribution in [0.5, 0.6) is 0 Å². The molecule has 4 rings (SSSR count). The molecule has 4 aliphatic rings. The molecule has 0 aromatic heterocycles. The molecule has 17 heavy (non-hydrogen) atoms. The Kier molecular flexibility index (Phi) is 2.37. The van der Waals surface area contributed by atoms with Gasteiger partial charge in [0.2, 0.25) is 0 Å². The first-order valence-corrected chi connectivity index (χ1v) is 6.61. The van der Waals surface area contributed by atoms with Crippen LogP contribution in [0, 0.1) is 17.3 Å². The Labute approximate surface area is 104 Å². The summed E-state index contributed by atoms with van der Waals surface area (Å²) < 4.78 is 12.2. The fraction of sp³-hybridized carbons (Fsp3) is 0.714. The predicted octanol–water partition coefficient (Wildman–Crippen LogP) is 3.00. The average Bonchev–Trinajstić information content (AvgIpc) is 2.61. The van der Waals surface area contributed by atoms with Crippen LogP contribution in [0.15, 0.2) is 24.7 Å². The minimum absolute atomic E-state index is 0.0889. The molecule has 1 saturated heterocycles. The highest BCUT2D eigenvalue weighted by molar-refractivity contribution is 6.51. The van der Waals surface area contributed by atoms with Crippen LogP contribution in [0.1, 0.15) is 33.6 Å². The fourth-order valence-corrected chi connectivity index (χ4v) is 4.15. The Morgan fingerprint density at radius 1 is 1.29 bits per heavy atom. The van der Waals surface area contributed by atoms with E-state index in [1.807, 2.05) is 12.1 Å². The van der Waals surface area contributed by atoms with Gasteiger partial charge in [-0.2, -0.15) is 0 Å². The maximum Gasteiger partial charge on any atom is 0.486 e. The van der Waals surface area contributed by atoms with Crippen molar-refractivity contribution in [1.82, 2.24) is 0 Å². The van der Waals surface area contributed by atoms with Crippen molar-refractivity contribution in [1.29, 1.82) is 0 Å². The predicted molar refractivity (Wildman–Crippen MR) is 69.4 cm³/mol. The van der Waals surface area contributed by atoms with Crippen LogP contribution in [0.4, 0.5) is 0 Å². The summed E-state index contributed by atoms with van der Waals surface area (Å²) in [6, 6.07) is 0. The average molecular weight is 232 g/mol.